The van der Waals surface area contributed by atoms with Crippen LogP contribution >= 0.6 is 23.2 Å². The number of nitrogens with one attached hydrogen (secondary N) is 1. The topological polar surface area (TPSA) is 21.3 Å². The molecule has 18 heavy (non-hydrogen) atoms. The fourth-order valence-corrected chi connectivity index (χ4v) is 2.93. The molecule has 2 rings (SSSR count). The Balaban J connectivity index is 1.95. The SMILES string of the molecule is CCCC1CC(Nc2cc(Cl)cc(Cl)c2)CCO1. The van der Waals surface area contributed by atoms with Crippen LogP contribution in [0.25, 0.3) is 0 Å². The molecule has 1 aromatic carbocycles. The molecule has 0 saturated carbocycles. The first-order chi connectivity index (χ1) is 8.67. The fraction of sp³-hybridized carbons (Fsp3) is 0.571. The van der Waals surface area contributed by atoms with E-state index < -0.39 is 0 Å². The second kappa shape index (κ2) is 6.65. The molecule has 0 amide bonds. The van der Waals surface area contributed by atoms with Gasteiger partial charge in [0.15, 0.2) is 0 Å². The molecule has 100 valence electrons. The third-order valence-corrected chi connectivity index (χ3v) is 3.65. The van der Waals surface area contributed by atoms with Crippen molar-refractivity contribution in [3.63, 3.8) is 0 Å². The van der Waals surface area contributed by atoms with E-state index in [1.54, 1.807) is 6.07 Å². The van der Waals surface area contributed by atoms with Crippen LogP contribution in [-0.2, 0) is 4.74 Å². The van der Waals surface area contributed by atoms with Crippen LogP contribution in [0.15, 0.2) is 18.2 Å². The lowest BCUT2D eigenvalue weighted by Gasteiger charge is -2.30. The van der Waals surface area contributed by atoms with Gasteiger partial charge >= 0.3 is 0 Å². The largest absolute Gasteiger partial charge is 0.382 e. The maximum Gasteiger partial charge on any atom is 0.0594 e. The molecule has 0 spiro atoms. The quantitative estimate of drug-likeness (QED) is 0.863. The van der Waals surface area contributed by atoms with E-state index in [1.807, 2.05) is 12.1 Å². The smallest absolute Gasteiger partial charge is 0.0594 e. The van der Waals surface area contributed by atoms with Crippen molar-refractivity contribution < 1.29 is 4.74 Å². The normalized spacial score (nSPS) is 23.9. The molecule has 4 heteroatoms. The Morgan fingerprint density at radius 2 is 2.00 bits per heavy atom. The first-order valence-corrected chi connectivity index (χ1v) is 7.27. The van der Waals surface area contributed by atoms with E-state index >= 15 is 0 Å². The van der Waals surface area contributed by atoms with Crippen molar-refractivity contribution in [1.29, 1.82) is 0 Å². The summed E-state index contributed by atoms with van der Waals surface area (Å²) in [4.78, 5) is 0. The maximum absolute atomic E-state index is 6.00. The summed E-state index contributed by atoms with van der Waals surface area (Å²) in [5.41, 5.74) is 0.995. The fourth-order valence-electron chi connectivity index (χ4n) is 2.41. The summed E-state index contributed by atoms with van der Waals surface area (Å²) in [7, 11) is 0. The Kier molecular flexibility index (Phi) is 5.16. The number of halogens is 2. The minimum absolute atomic E-state index is 0.385. The van der Waals surface area contributed by atoms with Crippen LogP contribution in [0.1, 0.15) is 32.6 Å². The number of ether oxygens (including phenoxy) is 1. The van der Waals surface area contributed by atoms with Crippen molar-refractivity contribution in [2.24, 2.45) is 0 Å². The molecule has 0 aliphatic carbocycles. The Bertz CT molecular complexity index is 375. The molecule has 1 aromatic rings. The molecule has 0 radical (unpaired) electrons. The molecule has 1 N–H and O–H groups in total. The van der Waals surface area contributed by atoms with Crippen LogP contribution in [0, 0.1) is 0 Å². The molecule has 1 saturated heterocycles. The lowest BCUT2D eigenvalue weighted by molar-refractivity contribution is 0.00598. The van der Waals surface area contributed by atoms with Gasteiger partial charge in [-0.2, -0.15) is 0 Å². The highest BCUT2D eigenvalue weighted by molar-refractivity contribution is 6.35. The highest BCUT2D eigenvalue weighted by atomic mass is 35.5. The van der Waals surface area contributed by atoms with Gasteiger partial charge in [0.2, 0.25) is 0 Å². The van der Waals surface area contributed by atoms with Gasteiger partial charge in [-0.3, -0.25) is 0 Å². The summed E-state index contributed by atoms with van der Waals surface area (Å²) >= 11 is 12.0. The van der Waals surface area contributed by atoms with E-state index in [4.69, 9.17) is 27.9 Å². The van der Waals surface area contributed by atoms with Crippen LogP contribution in [0.5, 0.6) is 0 Å². The van der Waals surface area contributed by atoms with E-state index in [1.165, 1.54) is 6.42 Å². The molecule has 2 atom stereocenters. The number of rotatable bonds is 4. The minimum atomic E-state index is 0.385. The highest BCUT2D eigenvalue weighted by Crippen LogP contribution is 2.26. The zero-order chi connectivity index (χ0) is 13.0. The Hall–Kier alpha value is -0.440. The number of benzene rings is 1. The molecule has 1 aliphatic heterocycles. The second-order valence-corrected chi connectivity index (χ2v) is 5.68. The van der Waals surface area contributed by atoms with Gasteiger partial charge in [0, 0.05) is 28.4 Å². The van der Waals surface area contributed by atoms with Crippen molar-refractivity contribution in [3.05, 3.63) is 28.2 Å². The van der Waals surface area contributed by atoms with Gasteiger partial charge in [-0.15, -0.1) is 0 Å². The monoisotopic (exact) mass is 287 g/mol. The third kappa shape index (κ3) is 4.04. The van der Waals surface area contributed by atoms with Crippen LogP contribution in [-0.4, -0.2) is 18.8 Å². The summed E-state index contributed by atoms with van der Waals surface area (Å²) in [6.45, 7) is 3.02. The second-order valence-electron chi connectivity index (χ2n) is 4.81. The van der Waals surface area contributed by atoms with E-state index in [0.29, 0.717) is 22.2 Å². The van der Waals surface area contributed by atoms with Crippen molar-refractivity contribution in [2.75, 3.05) is 11.9 Å². The van der Waals surface area contributed by atoms with E-state index in [-0.39, 0.29) is 0 Å². The van der Waals surface area contributed by atoms with Crippen LogP contribution in [0.4, 0.5) is 5.69 Å². The van der Waals surface area contributed by atoms with E-state index in [0.717, 1.165) is 31.6 Å². The zero-order valence-corrected chi connectivity index (χ0v) is 12.1. The van der Waals surface area contributed by atoms with Crippen LogP contribution in [0.3, 0.4) is 0 Å². The van der Waals surface area contributed by atoms with E-state index in [2.05, 4.69) is 12.2 Å². The number of anilines is 1. The standard InChI is InChI=1S/C14H19Cl2NO/c1-2-3-14-9-12(4-5-18-14)17-13-7-10(15)6-11(16)8-13/h6-8,12,14,17H,2-5,9H2,1H3. The Morgan fingerprint density at radius 1 is 1.28 bits per heavy atom. The zero-order valence-electron chi connectivity index (χ0n) is 10.6. The molecule has 1 aliphatic rings. The predicted octanol–water partition coefficient (Wildman–Crippen LogP) is 4.75. The summed E-state index contributed by atoms with van der Waals surface area (Å²) < 4.78 is 5.74. The number of hydrogen-bond donors (Lipinski definition) is 1. The predicted molar refractivity (Wildman–Crippen MR) is 77.8 cm³/mol. The third-order valence-electron chi connectivity index (χ3n) is 3.21. The summed E-state index contributed by atoms with van der Waals surface area (Å²) in [6.07, 6.45) is 4.77. The van der Waals surface area contributed by atoms with Gasteiger partial charge in [-0.05, 0) is 37.5 Å². The summed E-state index contributed by atoms with van der Waals surface area (Å²) in [6, 6.07) is 6.03. The lowest BCUT2D eigenvalue weighted by Crippen LogP contribution is -2.33. The average Bonchev–Trinajstić information content (AvgIpc) is 2.28. The maximum atomic E-state index is 6.00. The van der Waals surface area contributed by atoms with Gasteiger partial charge in [0.25, 0.3) is 0 Å². The average molecular weight is 288 g/mol. The Morgan fingerprint density at radius 3 is 2.67 bits per heavy atom. The van der Waals surface area contributed by atoms with Crippen LogP contribution < -0.4 is 5.32 Å². The summed E-state index contributed by atoms with van der Waals surface area (Å²) in [5.74, 6) is 0. The molecule has 2 unspecified atom stereocenters. The minimum Gasteiger partial charge on any atom is -0.382 e. The number of hydrogen-bond acceptors (Lipinski definition) is 2. The van der Waals surface area contributed by atoms with Crippen molar-refractivity contribution >= 4 is 28.9 Å². The molecule has 0 aromatic heterocycles. The van der Waals surface area contributed by atoms with Crippen molar-refractivity contribution in [3.8, 4) is 0 Å². The van der Waals surface area contributed by atoms with Crippen LogP contribution in [0.2, 0.25) is 10.0 Å². The lowest BCUT2D eigenvalue weighted by atomic mass is 10.00. The first kappa shape index (κ1) is 14.0. The van der Waals surface area contributed by atoms with Gasteiger partial charge in [0.1, 0.15) is 0 Å². The Labute approximate surface area is 119 Å². The first-order valence-electron chi connectivity index (χ1n) is 6.51. The van der Waals surface area contributed by atoms with Gasteiger partial charge in [-0.25, -0.2) is 0 Å². The van der Waals surface area contributed by atoms with Crippen molar-refractivity contribution in [1.82, 2.24) is 0 Å². The molecule has 0 bridgehead atoms. The van der Waals surface area contributed by atoms with E-state index in [9.17, 15) is 0 Å². The van der Waals surface area contributed by atoms with Gasteiger partial charge in [0.05, 0.1) is 6.10 Å². The summed E-state index contributed by atoms with van der Waals surface area (Å²) in [5, 5.41) is 4.84. The molecule has 2 nitrogen and oxygen atoms in total. The van der Waals surface area contributed by atoms with Gasteiger partial charge in [-0.1, -0.05) is 36.5 Å². The molecular formula is C14H19Cl2NO. The highest BCUT2D eigenvalue weighted by Gasteiger charge is 2.21. The van der Waals surface area contributed by atoms with Gasteiger partial charge < -0.3 is 10.1 Å². The molecule has 1 heterocycles. The molecular weight excluding hydrogens is 269 g/mol. The molecule has 1 fully saturated rings. The van der Waals surface area contributed by atoms with Crippen molar-refractivity contribution in [2.45, 2.75) is 44.8 Å².